The van der Waals surface area contributed by atoms with Crippen LogP contribution < -0.4 is 0 Å². The van der Waals surface area contributed by atoms with Gasteiger partial charge in [-0.1, -0.05) is 6.07 Å². The van der Waals surface area contributed by atoms with Crippen LogP contribution in [0.5, 0.6) is 0 Å². The smallest absolute Gasteiger partial charge is 0.304 e. The first-order chi connectivity index (χ1) is 9.46. The zero-order chi connectivity index (χ0) is 16.4. The molecule has 0 unspecified atom stereocenters. The standard InChI is InChI=1S/C12H17NO6S2/c1-9-4-5-10(20(3,16)17)8-11(9)21(18,19)13(2)7-6-12(14)15/h4-5,8H,6-7H2,1-3H3,(H,14,15). The summed E-state index contributed by atoms with van der Waals surface area (Å²) in [5.41, 5.74) is 0.393. The Morgan fingerprint density at radius 2 is 1.81 bits per heavy atom. The molecule has 0 spiro atoms. The van der Waals surface area contributed by atoms with E-state index in [0.29, 0.717) is 5.56 Å². The van der Waals surface area contributed by atoms with E-state index in [-0.39, 0.29) is 22.8 Å². The molecular weight excluding hydrogens is 318 g/mol. The van der Waals surface area contributed by atoms with E-state index in [4.69, 9.17) is 5.11 Å². The maximum absolute atomic E-state index is 12.4. The van der Waals surface area contributed by atoms with Crippen LogP contribution in [0, 0.1) is 6.92 Å². The zero-order valence-corrected chi connectivity index (χ0v) is 13.5. The third kappa shape index (κ3) is 4.26. The molecule has 118 valence electrons. The van der Waals surface area contributed by atoms with Gasteiger partial charge < -0.3 is 5.11 Å². The van der Waals surface area contributed by atoms with Gasteiger partial charge in [-0.15, -0.1) is 0 Å². The van der Waals surface area contributed by atoms with Crippen molar-refractivity contribution in [1.82, 2.24) is 4.31 Å². The number of hydrogen-bond acceptors (Lipinski definition) is 5. The van der Waals surface area contributed by atoms with Crippen LogP contribution in [0.4, 0.5) is 0 Å². The molecule has 0 aliphatic heterocycles. The molecule has 0 radical (unpaired) electrons. The molecule has 0 saturated heterocycles. The van der Waals surface area contributed by atoms with Crippen molar-refractivity contribution < 1.29 is 26.7 Å². The van der Waals surface area contributed by atoms with E-state index < -0.39 is 25.8 Å². The fraction of sp³-hybridized carbons (Fsp3) is 0.417. The first-order valence-electron chi connectivity index (χ1n) is 5.95. The number of benzene rings is 1. The summed E-state index contributed by atoms with van der Waals surface area (Å²) in [6, 6.07) is 3.84. The van der Waals surface area contributed by atoms with Gasteiger partial charge in [-0.05, 0) is 24.6 Å². The second-order valence-electron chi connectivity index (χ2n) is 4.67. The molecular formula is C12H17NO6S2. The topological polar surface area (TPSA) is 109 Å². The Kier molecular flexibility index (Phi) is 5.13. The number of aryl methyl sites for hydroxylation is 1. The number of hydrogen-bond donors (Lipinski definition) is 1. The summed E-state index contributed by atoms with van der Waals surface area (Å²) in [5.74, 6) is -1.11. The Morgan fingerprint density at radius 3 is 2.29 bits per heavy atom. The van der Waals surface area contributed by atoms with Crippen LogP contribution in [0.15, 0.2) is 28.0 Å². The second kappa shape index (κ2) is 6.12. The third-order valence-electron chi connectivity index (χ3n) is 2.92. The molecule has 0 bridgehead atoms. The highest BCUT2D eigenvalue weighted by Crippen LogP contribution is 2.23. The molecule has 0 saturated carbocycles. The molecule has 0 aliphatic carbocycles. The average Bonchev–Trinajstić information content (AvgIpc) is 2.34. The summed E-state index contributed by atoms with van der Waals surface area (Å²) in [4.78, 5) is 10.3. The highest BCUT2D eigenvalue weighted by Gasteiger charge is 2.24. The van der Waals surface area contributed by atoms with Gasteiger partial charge in [0.1, 0.15) is 0 Å². The van der Waals surface area contributed by atoms with Gasteiger partial charge in [0.15, 0.2) is 9.84 Å². The Hall–Kier alpha value is -1.45. The summed E-state index contributed by atoms with van der Waals surface area (Å²) in [6.07, 6.45) is 0.656. The van der Waals surface area contributed by atoms with Crippen LogP contribution in [0.1, 0.15) is 12.0 Å². The summed E-state index contributed by atoms with van der Waals surface area (Å²) >= 11 is 0. The van der Waals surface area contributed by atoms with Crippen LogP contribution in [-0.4, -0.2) is 52.1 Å². The number of aliphatic carboxylic acids is 1. The highest BCUT2D eigenvalue weighted by molar-refractivity contribution is 7.91. The van der Waals surface area contributed by atoms with E-state index in [2.05, 4.69) is 0 Å². The number of sulfonamides is 1. The molecule has 0 heterocycles. The first-order valence-corrected chi connectivity index (χ1v) is 9.28. The van der Waals surface area contributed by atoms with Crippen molar-refractivity contribution in [2.24, 2.45) is 0 Å². The fourth-order valence-electron chi connectivity index (χ4n) is 1.63. The van der Waals surface area contributed by atoms with Gasteiger partial charge in [-0.2, -0.15) is 0 Å². The maximum atomic E-state index is 12.4. The van der Waals surface area contributed by atoms with Crippen LogP contribution in [-0.2, 0) is 24.7 Å². The Bertz CT molecular complexity index is 752. The molecule has 0 atom stereocenters. The molecule has 0 fully saturated rings. The highest BCUT2D eigenvalue weighted by atomic mass is 32.2. The Labute approximate surface area is 124 Å². The van der Waals surface area contributed by atoms with E-state index in [0.717, 1.165) is 16.6 Å². The minimum absolute atomic E-state index is 0.0988. The number of rotatable bonds is 6. The van der Waals surface area contributed by atoms with Crippen LogP contribution in [0.25, 0.3) is 0 Å². The van der Waals surface area contributed by atoms with Crippen LogP contribution in [0.2, 0.25) is 0 Å². The SMILES string of the molecule is Cc1ccc(S(C)(=O)=O)cc1S(=O)(=O)N(C)CCC(=O)O. The lowest BCUT2D eigenvalue weighted by molar-refractivity contribution is -0.137. The monoisotopic (exact) mass is 335 g/mol. The number of sulfone groups is 1. The summed E-state index contributed by atoms with van der Waals surface area (Å²) < 4.78 is 48.7. The molecule has 0 amide bonds. The van der Waals surface area contributed by atoms with Gasteiger partial charge in [0.2, 0.25) is 10.0 Å². The number of carboxylic acids is 1. The van der Waals surface area contributed by atoms with Crippen molar-refractivity contribution in [2.45, 2.75) is 23.1 Å². The lowest BCUT2D eigenvalue weighted by Gasteiger charge is -2.18. The minimum Gasteiger partial charge on any atom is -0.481 e. The largest absolute Gasteiger partial charge is 0.481 e. The number of carbonyl (C=O) groups is 1. The molecule has 9 heteroatoms. The number of nitrogens with zero attached hydrogens (tertiary/aromatic N) is 1. The molecule has 1 N–H and O–H groups in total. The number of carboxylic acid groups (broad SMARTS) is 1. The lowest BCUT2D eigenvalue weighted by Crippen LogP contribution is -2.29. The van der Waals surface area contributed by atoms with Gasteiger partial charge >= 0.3 is 5.97 Å². The molecule has 7 nitrogen and oxygen atoms in total. The summed E-state index contributed by atoms with van der Waals surface area (Å²) in [6.45, 7) is 1.35. The third-order valence-corrected chi connectivity index (χ3v) is 6.03. The minimum atomic E-state index is -3.94. The molecule has 1 rings (SSSR count). The first kappa shape index (κ1) is 17.6. The van der Waals surface area contributed by atoms with Gasteiger partial charge in [0.05, 0.1) is 16.2 Å². The second-order valence-corrected chi connectivity index (χ2v) is 8.70. The van der Waals surface area contributed by atoms with E-state index in [9.17, 15) is 21.6 Å². The molecule has 1 aromatic carbocycles. The summed E-state index contributed by atoms with van der Waals surface area (Å²) in [7, 11) is -6.22. The van der Waals surface area contributed by atoms with E-state index in [1.807, 2.05) is 0 Å². The predicted octanol–water partition coefficient (Wildman–Crippen LogP) is 0.494. The van der Waals surface area contributed by atoms with Crippen molar-refractivity contribution in [3.63, 3.8) is 0 Å². The van der Waals surface area contributed by atoms with Crippen molar-refractivity contribution in [3.05, 3.63) is 23.8 Å². The normalized spacial score (nSPS) is 12.6. The molecule has 1 aromatic rings. The van der Waals surface area contributed by atoms with E-state index in [1.165, 1.54) is 19.2 Å². The van der Waals surface area contributed by atoms with E-state index >= 15 is 0 Å². The van der Waals surface area contributed by atoms with Crippen LogP contribution >= 0.6 is 0 Å². The van der Waals surface area contributed by atoms with E-state index in [1.54, 1.807) is 6.92 Å². The summed E-state index contributed by atoms with van der Waals surface area (Å²) in [5, 5.41) is 8.60. The zero-order valence-electron chi connectivity index (χ0n) is 11.9. The molecule has 0 aromatic heterocycles. The van der Waals surface area contributed by atoms with Crippen molar-refractivity contribution in [3.8, 4) is 0 Å². The van der Waals surface area contributed by atoms with Crippen molar-refractivity contribution in [2.75, 3.05) is 19.8 Å². The fourth-order valence-corrected chi connectivity index (χ4v) is 3.77. The lowest BCUT2D eigenvalue weighted by atomic mass is 10.2. The maximum Gasteiger partial charge on any atom is 0.304 e. The van der Waals surface area contributed by atoms with Gasteiger partial charge in [-0.25, -0.2) is 21.1 Å². The van der Waals surface area contributed by atoms with Crippen LogP contribution in [0.3, 0.4) is 0 Å². The van der Waals surface area contributed by atoms with Gasteiger partial charge in [0.25, 0.3) is 0 Å². The molecule has 0 aliphatic rings. The molecule has 21 heavy (non-hydrogen) atoms. The Morgan fingerprint density at radius 1 is 1.24 bits per heavy atom. The quantitative estimate of drug-likeness (QED) is 0.810. The van der Waals surface area contributed by atoms with Crippen molar-refractivity contribution in [1.29, 1.82) is 0 Å². The Balaban J connectivity index is 3.28. The predicted molar refractivity (Wildman–Crippen MR) is 76.4 cm³/mol. The van der Waals surface area contributed by atoms with Crippen molar-refractivity contribution >= 4 is 25.8 Å². The van der Waals surface area contributed by atoms with Gasteiger partial charge in [-0.3, -0.25) is 4.79 Å². The van der Waals surface area contributed by atoms with Gasteiger partial charge in [0, 0.05) is 19.8 Å². The average molecular weight is 335 g/mol.